The molecule has 0 aliphatic heterocycles. The average molecular weight is 279 g/mol. The highest BCUT2D eigenvalue weighted by Crippen LogP contribution is 2.08. The van der Waals surface area contributed by atoms with Crippen molar-refractivity contribution >= 4 is 11.2 Å². The number of unbranched alkanes of at least 4 members (excludes halogenated alkanes) is 1. The molecule has 2 N–H and O–H groups in total. The highest BCUT2D eigenvalue weighted by Gasteiger charge is 2.15. The first kappa shape index (κ1) is 14.5. The van der Waals surface area contributed by atoms with E-state index in [4.69, 9.17) is 5.73 Å². The minimum absolute atomic E-state index is 0.299. The van der Waals surface area contributed by atoms with Gasteiger partial charge < -0.3 is 10.3 Å². The summed E-state index contributed by atoms with van der Waals surface area (Å²) in [6, 6.07) is 0. The standard InChI is InChI=1S/C13H21N5O2/c1-3-4-8-18-11-10(12(19)16(2)13(18)20)17(9-15-11)7-5-6-14/h9H,3-8,14H2,1-2H3. The lowest BCUT2D eigenvalue weighted by molar-refractivity contribution is 0.582. The molecule has 7 heteroatoms. The zero-order valence-electron chi connectivity index (χ0n) is 12.0. The van der Waals surface area contributed by atoms with Gasteiger partial charge in [-0.05, 0) is 19.4 Å². The Morgan fingerprint density at radius 2 is 2.00 bits per heavy atom. The molecule has 0 aliphatic carbocycles. The predicted molar refractivity (Wildman–Crippen MR) is 77.8 cm³/mol. The lowest BCUT2D eigenvalue weighted by Crippen LogP contribution is -2.38. The normalized spacial score (nSPS) is 11.3. The van der Waals surface area contributed by atoms with Crippen LogP contribution in [-0.2, 0) is 20.1 Å². The number of hydrogen-bond donors (Lipinski definition) is 1. The highest BCUT2D eigenvalue weighted by molar-refractivity contribution is 5.70. The van der Waals surface area contributed by atoms with Crippen LogP contribution >= 0.6 is 0 Å². The summed E-state index contributed by atoms with van der Waals surface area (Å²) < 4.78 is 4.52. The van der Waals surface area contributed by atoms with Crippen molar-refractivity contribution in [3.63, 3.8) is 0 Å². The summed E-state index contributed by atoms with van der Waals surface area (Å²) in [4.78, 5) is 28.7. The number of fused-ring (bicyclic) bond motifs is 1. The first-order valence-electron chi connectivity index (χ1n) is 6.96. The van der Waals surface area contributed by atoms with Crippen molar-refractivity contribution in [3.8, 4) is 0 Å². The van der Waals surface area contributed by atoms with Gasteiger partial charge in [0.1, 0.15) is 0 Å². The molecule has 0 aromatic carbocycles. The molecule has 0 aliphatic rings. The number of aryl methyl sites for hydroxylation is 2. The van der Waals surface area contributed by atoms with Crippen LogP contribution < -0.4 is 17.0 Å². The van der Waals surface area contributed by atoms with E-state index in [1.165, 1.54) is 7.05 Å². The van der Waals surface area contributed by atoms with Gasteiger partial charge in [0.05, 0.1) is 6.33 Å². The summed E-state index contributed by atoms with van der Waals surface area (Å²) in [5.41, 5.74) is 5.86. The Morgan fingerprint density at radius 3 is 2.65 bits per heavy atom. The van der Waals surface area contributed by atoms with Gasteiger partial charge in [0.2, 0.25) is 0 Å². The van der Waals surface area contributed by atoms with Crippen molar-refractivity contribution in [2.75, 3.05) is 6.54 Å². The van der Waals surface area contributed by atoms with Crippen molar-refractivity contribution in [3.05, 3.63) is 27.2 Å². The average Bonchev–Trinajstić information content (AvgIpc) is 2.86. The topological polar surface area (TPSA) is 87.8 Å². The maximum Gasteiger partial charge on any atom is 0.332 e. The summed E-state index contributed by atoms with van der Waals surface area (Å²) in [6.07, 6.45) is 4.24. The number of rotatable bonds is 6. The van der Waals surface area contributed by atoms with Crippen molar-refractivity contribution in [2.45, 2.75) is 39.3 Å². The van der Waals surface area contributed by atoms with E-state index < -0.39 is 0 Å². The van der Waals surface area contributed by atoms with E-state index in [1.54, 1.807) is 15.5 Å². The quantitative estimate of drug-likeness (QED) is 0.809. The molecule has 110 valence electrons. The maximum absolute atomic E-state index is 12.3. The molecule has 2 aromatic rings. The Balaban J connectivity index is 2.65. The second-order valence-corrected chi connectivity index (χ2v) is 4.90. The Kier molecular flexibility index (Phi) is 4.39. The van der Waals surface area contributed by atoms with E-state index in [0.717, 1.165) is 23.8 Å². The molecule has 0 spiro atoms. The highest BCUT2D eigenvalue weighted by atomic mass is 16.2. The molecule has 0 unspecified atom stereocenters. The molecule has 2 aromatic heterocycles. The Bertz CT molecular complexity index is 710. The van der Waals surface area contributed by atoms with Gasteiger partial charge >= 0.3 is 5.69 Å². The third-order valence-corrected chi connectivity index (χ3v) is 3.44. The van der Waals surface area contributed by atoms with Crippen LogP contribution in [0.4, 0.5) is 0 Å². The first-order valence-corrected chi connectivity index (χ1v) is 6.96. The van der Waals surface area contributed by atoms with Gasteiger partial charge in [-0.1, -0.05) is 13.3 Å². The van der Waals surface area contributed by atoms with Crippen LogP contribution in [0.15, 0.2) is 15.9 Å². The monoisotopic (exact) mass is 279 g/mol. The molecular weight excluding hydrogens is 258 g/mol. The predicted octanol–water partition coefficient (Wildman–Crippen LogP) is 0.0456. The van der Waals surface area contributed by atoms with Crippen molar-refractivity contribution in [1.82, 2.24) is 18.7 Å². The van der Waals surface area contributed by atoms with Gasteiger partial charge in [0.25, 0.3) is 5.56 Å². The van der Waals surface area contributed by atoms with Crippen LogP contribution in [0.25, 0.3) is 11.2 Å². The third-order valence-electron chi connectivity index (χ3n) is 3.44. The van der Waals surface area contributed by atoms with Gasteiger partial charge in [0.15, 0.2) is 11.2 Å². The summed E-state index contributed by atoms with van der Waals surface area (Å²) in [6.45, 7) is 3.82. The molecule has 0 saturated carbocycles. The summed E-state index contributed by atoms with van der Waals surface area (Å²) in [5, 5.41) is 0. The van der Waals surface area contributed by atoms with Crippen LogP contribution in [0.1, 0.15) is 26.2 Å². The Morgan fingerprint density at radius 1 is 1.25 bits per heavy atom. The van der Waals surface area contributed by atoms with E-state index >= 15 is 0 Å². The van der Waals surface area contributed by atoms with Gasteiger partial charge in [-0.25, -0.2) is 9.78 Å². The number of nitrogens with zero attached hydrogens (tertiary/aromatic N) is 4. The molecule has 0 fully saturated rings. The lowest BCUT2D eigenvalue weighted by atomic mass is 10.3. The summed E-state index contributed by atoms with van der Waals surface area (Å²) in [7, 11) is 1.51. The minimum atomic E-state index is -0.306. The third kappa shape index (κ3) is 2.40. The Hall–Kier alpha value is -1.89. The van der Waals surface area contributed by atoms with E-state index in [0.29, 0.717) is 30.8 Å². The second-order valence-electron chi connectivity index (χ2n) is 4.90. The number of aromatic nitrogens is 4. The SMILES string of the molecule is CCCCn1c(=O)n(C)c(=O)c2c1ncn2CCCN. The first-order chi connectivity index (χ1) is 9.61. The molecule has 0 atom stereocenters. The van der Waals surface area contributed by atoms with Crippen LogP contribution in [-0.4, -0.2) is 25.2 Å². The second kappa shape index (κ2) is 6.04. The Labute approximate surface area is 116 Å². The molecule has 7 nitrogen and oxygen atoms in total. The number of hydrogen-bond acceptors (Lipinski definition) is 4. The largest absolute Gasteiger partial charge is 0.332 e. The van der Waals surface area contributed by atoms with E-state index in [1.807, 2.05) is 0 Å². The van der Waals surface area contributed by atoms with E-state index in [9.17, 15) is 9.59 Å². The van der Waals surface area contributed by atoms with Crippen molar-refractivity contribution in [2.24, 2.45) is 12.8 Å². The molecule has 0 amide bonds. The molecular formula is C13H21N5O2. The summed E-state index contributed by atoms with van der Waals surface area (Å²) in [5.74, 6) is 0. The molecule has 20 heavy (non-hydrogen) atoms. The molecule has 0 radical (unpaired) electrons. The number of imidazole rings is 1. The van der Waals surface area contributed by atoms with Gasteiger partial charge in [0, 0.05) is 20.1 Å². The van der Waals surface area contributed by atoms with Crippen LogP contribution in [0.2, 0.25) is 0 Å². The fraction of sp³-hybridized carbons (Fsp3) is 0.615. The molecule has 0 bridgehead atoms. The zero-order valence-corrected chi connectivity index (χ0v) is 12.0. The fourth-order valence-electron chi connectivity index (χ4n) is 2.25. The van der Waals surface area contributed by atoms with Crippen LogP contribution in [0.5, 0.6) is 0 Å². The van der Waals surface area contributed by atoms with Crippen molar-refractivity contribution in [1.29, 1.82) is 0 Å². The smallest absolute Gasteiger partial charge is 0.330 e. The molecule has 0 saturated heterocycles. The molecule has 2 rings (SSSR count). The lowest BCUT2D eigenvalue weighted by Gasteiger charge is -2.09. The number of nitrogens with two attached hydrogens (primary N) is 1. The van der Waals surface area contributed by atoms with Gasteiger partial charge in [-0.2, -0.15) is 0 Å². The van der Waals surface area contributed by atoms with E-state index in [2.05, 4.69) is 11.9 Å². The molecule has 2 heterocycles. The van der Waals surface area contributed by atoms with Gasteiger partial charge in [-0.3, -0.25) is 13.9 Å². The fourth-order valence-corrected chi connectivity index (χ4v) is 2.25. The van der Waals surface area contributed by atoms with E-state index in [-0.39, 0.29) is 11.2 Å². The maximum atomic E-state index is 12.3. The van der Waals surface area contributed by atoms with Crippen LogP contribution in [0, 0.1) is 0 Å². The van der Waals surface area contributed by atoms with Crippen LogP contribution in [0.3, 0.4) is 0 Å². The summed E-state index contributed by atoms with van der Waals surface area (Å²) >= 11 is 0. The van der Waals surface area contributed by atoms with Gasteiger partial charge in [-0.15, -0.1) is 0 Å². The zero-order chi connectivity index (χ0) is 14.7. The van der Waals surface area contributed by atoms with Crippen molar-refractivity contribution < 1.29 is 0 Å². The minimum Gasteiger partial charge on any atom is -0.330 e.